The second kappa shape index (κ2) is 6.21. The molecule has 8 heteroatoms. The van der Waals surface area contributed by atoms with Gasteiger partial charge >= 0.3 is 6.03 Å². The normalized spacial score (nSPS) is 19.6. The average molecular weight is 349 g/mol. The number of benzene rings is 2. The monoisotopic (exact) mass is 349 g/mol. The first kappa shape index (κ1) is 16.4. The first-order valence-corrected chi connectivity index (χ1v) is 8.83. The average Bonchev–Trinajstić information content (AvgIpc) is 3.25. The summed E-state index contributed by atoms with van der Waals surface area (Å²) in [4.78, 5) is 11.9. The van der Waals surface area contributed by atoms with Gasteiger partial charge in [0.1, 0.15) is 5.82 Å². The fraction of sp³-hybridized carbons (Fsp3) is 0.188. The maximum atomic E-state index is 13.2. The smallest absolute Gasteiger partial charge is 0.319 e. The number of anilines is 1. The van der Waals surface area contributed by atoms with Gasteiger partial charge in [-0.3, -0.25) is 0 Å². The van der Waals surface area contributed by atoms with E-state index >= 15 is 0 Å². The van der Waals surface area contributed by atoms with Crippen molar-refractivity contribution in [2.45, 2.75) is 23.3 Å². The van der Waals surface area contributed by atoms with Crippen molar-refractivity contribution in [2.24, 2.45) is 5.14 Å². The summed E-state index contributed by atoms with van der Waals surface area (Å²) >= 11 is 0. The molecule has 0 heterocycles. The Labute approximate surface area is 138 Å². The van der Waals surface area contributed by atoms with E-state index in [9.17, 15) is 17.6 Å². The van der Waals surface area contributed by atoms with Gasteiger partial charge in [-0.05, 0) is 42.3 Å². The lowest BCUT2D eigenvalue weighted by atomic mass is 10.1. The van der Waals surface area contributed by atoms with Crippen LogP contribution in [0.25, 0.3) is 0 Å². The fourth-order valence-corrected chi connectivity index (χ4v) is 3.11. The van der Waals surface area contributed by atoms with E-state index in [-0.39, 0.29) is 22.7 Å². The van der Waals surface area contributed by atoms with Gasteiger partial charge in [-0.25, -0.2) is 22.7 Å². The molecule has 24 heavy (non-hydrogen) atoms. The van der Waals surface area contributed by atoms with Crippen LogP contribution in [0.15, 0.2) is 53.4 Å². The van der Waals surface area contributed by atoms with Crippen LogP contribution in [-0.4, -0.2) is 20.5 Å². The second-order valence-electron chi connectivity index (χ2n) is 5.67. The van der Waals surface area contributed by atoms with Crippen molar-refractivity contribution in [3.63, 3.8) is 0 Å². The largest absolute Gasteiger partial charge is 0.334 e. The predicted octanol–water partition coefficient (Wildman–Crippen LogP) is 2.15. The summed E-state index contributed by atoms with van der Waals surface area (Å²) in [6, 6.07) is 11.4. The first-order valence-electron chi connectivity index (χ1n) is 7.29. The van der Waals surface area contributed by atoms with E-state index in [4.69, 9.17) is 5.14 Å². The number of halogens is 1. The molecule has 2 aromatic carbocycles. The van der Waals surface area contributed by atoms with Crippen LogP contribution < -0.4 is 15.8 Å². The molecule has 0 spiro atoms. The number of carbonyl (C=O) groups excluding carboxylic acids is 1. The number of carbonyl (C=O) groups is 1. The van der Waals surface area contributed by atoms with E-state index in [1.807, 2.05) is 6.07 Å². The summed E-state index contributed by atoms with van der Waals surface area (Å²) in [5, 5.41) is 10.4. The van der Waals surface area contributed by atoms with Crippen LogP contribution in [-0.2, 0) is 10.0 Å². The molecule has 2 amide bonds. The van der Waals surface area contributed by atoms with Gasteiger partial charge in [0.05, 0.1) is 4.90 Å². The van der Waals surface area contributed by atoms with Gasteiger partial charge in [0, 0.05) is 17.6 Å². The molecule has 1 saturated carbocycles. The zero-order valence-corrected chi connectivity index (χ0v) is 13.4. The summed E-state index contributed by atoms with van der Waals surface area (Å²) in [5.74, 6) is -0.218. The van der Waals surface area contributed by atoms with Crippen molar-refractivity contribution in [3.05, 3.63) is 59.9 Å². The Balaban J connectivity index is 1.60. The molecule has 126 valence electrons. The van der Waals surface area contributed by atoms with E-state index in [0.717, 1.165) is 12.0 Å². The number of nitrogens with two attached hydrogens (primary N) is 1. The molecule has 2 atom stereocenters. The Hall–Kier alpha value is -2.45. The van der Waals surface area contributed by atoms with Crippen molar-refractivity contribution >= 4 is 21.7 Å². The highest BCUT2D eigenvalue weighted by Crippen LogP contribution is 2.40. The number of hydrogen-bond donors (Lipinski definition) is 3. The molecule has 0 aromatic heterocycles. The highest BCUT2D eigenvalue weighted by Gasteiger charge is 2.39. The van der Waals surface area contributed by atoms with Gasteiger partial charge < -0.3 is 10.6 Å². The minimum atomic E-state index is -3.83. The van der Waals surface area contributed by atoms with Crippen molar-refractivity contribution in [2.75, 3.05) is 5.32 Å². The second-order valence-corrected chi connectivity index (χ2v) is 7.24. The lowest BCUT2D eigenvalue weighted by molar-refractivity contribution is 0.251. The maximum Gasteiger partial charge on any atom is 0.319 e. The number of amides is 2. The van der Waals surface area contributed by atoms with Gasteiger partial charge in [-0.15, -0.1) is 0 Å². The van der Waals surface area contributed by atoms with Crippen LogP contribution in [0.5, 0.6) is 0 Å². The Kier molecular flexibility index (Phi) is 4.25. The number of urea groups is 1. The highest BCUT2D eigenvalue weighted by molar-refractivity contribution is 7.89. The minimum Gasteiger partial charge on any atom is -0.334 e. The summed E-state index contributed by atoms with van der Waals surface area (Å²) in [7, 11) is -3.83. The Morgan fingerprint density at radius 1 is 1.17 bits per heavy atom. The molecule has 0 bridgehead atoms. The predicted molar refractivity (Wildman–Crippen MR) is 87.5 cm³/mol. The van der Waals surface area contributed by atoms with E-state index in [0.29, 0.717) is 5.69 Å². The standard InChI is InChI=1S/C16H16FN3O3S/c17-11-4-1-3-10(7-11)14-9-15(14)20-16(21)19-12-5-2-6-13(8-12)24(18,22)23/h1-8,14-15H,9H2,(H2,18,22,23)(H2,19,20,21). The molecule has 1 aliphatic rings. The molecule has 1 aliphatic carbocycles. The number of sulfonamides is 1. The minimum absolute atomic E-state index is 0.0757. The van der Waals surface area contributed by atoms with Crippen LogP contribution in [0.3, 0.4) is 0 Å². The van der Waals surface area contributed by atoms with Crippen molar-refractivity contribution < 1.29 is 17.6 Å². The Morgan fingerprint density at radius 3 is 2.62 bits per heavy atom. The van der Waals surface area contributed by atoms with E-state index < -0.39 is 16.1 Å². The van der Waals surface area contributed by atoms with Crippen molar-refractivity contribution in [1.82, 2.24) is 5.32 Å². The zero-order valence-electron chi connectivity index (χ0n) is 12.6. The van der Waals surface area contributed by atoms with Gasteiger partial charge in [0.15, 0.2) is 0 Å². The van der Waals surface area contributed by atoms with Crippen molar-refractivity contribution in [1.29, 1.82) is 0 Å². The molecule has 3 rings (SSSR count). The lowest BCUT2D eigenvalue weighted by Gasteiger charge is -2.08. The quantitative estimate of drug-likeness (QED) is 0.788. The van der Waals surface area contributed by atoms with Crippen LogP contribution >= 0.6 is 0 Å². The molecular weight excluding hydrogens is 333 g/mol. The number of nitrogens with one attached hydrogen (secondary N) is 2. The third kappa shape index (κ3) is 3.90. The van der Waals surface area contributed by atoms with Gasteiger partial charge in [0.25, 0.3) is 0 Å². The first-order chi connectivity index (χ1) is 11.3. The SMILES string of the molecule is NS(=O)(=O)c1cccc(NC(=O)NC2CC2c2cccc(F)c2)c1. The van der Waals surface area contributed by atoms with Crippen LogP contribution in [0.4, 0.5) is 14.9 Å². The molecule has 2 unspecified atom stereocenters. The van der Waals surface area contributed by atoms with Crippen LogP contribution in [0.1, 0.15) is 17.9 Å². The summed E-state index contributed by atoms with van der Waals surface area (Å²) < 4.78 is 35.8. The topological polar surface area (TPSA) is 101 Å². The molecule has 0 radical (unpaired) electrons. The van der Waals surface area contributed by atoms with Crippen LogP contribution in [0, 0.1) is 5.82 Å². The zero-order chi connectivity index (χ0) is 17.3. The molecule has 0 saturated heterocycles. The lowest BCUT2D eigenvalue weighted by Crippen LogP contribution is -2.31. The van der Waals surface area contributed by atoms with E-state index in [1.165, 1.54) is 30.3 Å². The molecule has 4 N–H and O–H groups in total. The Morgan fingerprint density at radius 2 is 1.92 bits per heavy atom. The van der Waals surface area contributed by atoms with Crippen LogP contribution in [0.2, 0.25) is 0 Å². The summed E-state index contributed by atoms with van der Waals surface area (Å²) in [6.07, 6.45) is 0.730. The molecular formula is C16H16FN3O3S. The van der Waals surface area contributed by atoms with Gasteiger partial charge in [-0.1, -0.05) is 18.2 Å². The molecule has 6 nitrogen and oxygen atoms in total. The van der Waals surface area contributed by atoms with Gasteiger partial charge in [-0.2, -0.15) is 0 Å². The van der Waals surface area contributed by atoms with Gasteiger partial charge in [0.2, 0.25) is 10.0 Å². The number of primary sulfonamides is 1. The fourth-order valence-electron chi connectivity index (χ4n) is 2.55. The number of rotatable bonds is 4. The molecule has 1 fully saturated rings. The summed E-state index contributed by atoms with van der Waals surface area (Å²) in [5.41, 5.74) is 1.17. The van der Waals surface area contributed by atoms with E-state index in [2.05, 4.69) is 10.6 Å². The third-order valence-corrected chi connectivity index (χ3v) is 4.72. The van der Waals surface area contributed by atoms with Crippen molar-refractivity contribution in [3.8, 4) is 0 Å². The number of hydrogen-bond acceptors (Lipinski definition) is 3. The summed E-state index contributed by atoms with van der Waals surface area (Å²) in [6.45, 7) is 0. The molecule has 2 aromatic rings. The maximum absolute atomic E-state index is 13.2. The molecule has 0 aliphatic heterocycles. The third-order valence-electron chi connectivity index (χ3n) is 3.80. The highest BCUT2D eigenvalue weighted by atomic mass is 32.2. The Bertz CT molecular complexity index is 886. The van der Waals surface area contributed by atoms with E-state index in [1.54, 1.807) is 12.1 Å².